The van der Waals surface area contributed by atoms with Crippen LogP contribution in [0.5, 0.6) is 11.5 Å². The first-order valence-corrected chi connectivity index (χ1v) is 12.2. The molecule has 0 radical (unpaired) electrons. The van der Waals surface area contributed by atoms with Crippen molar-refractivity contribution in [3.63, 3.8) is 0 Å². The Bertz CT molecular complexity index is 926. The molecule has 0 bridgehead atoms. The number of anilines is 4. The van der Waals surface area contributed by atoms with Crippen LogP contribution in [0.2, 0.25) is 0 Å². The fraction of sp³-hybridized carbons (Fsp3) is 0.500. The topological polar surface area (TPSA) is 59.5 Å². The maximum absolute atomic E-state index is 13.8. The highest BCUT2D eigenvalue weighted by atomic mass is 16.5. The number of likely N-dealkylation sites (tertiary alicyclic amines) is 1. The SMILES string of the molecule is CCN(CC)c1ccc2c(c1)Oc1cc(N(CC)CC)ccc1N2C(=O)N1CCCC(O)C1. The molecule has 33 heavy (non-hydrogen) atoms. The predicted molar refractivity (Wildman–Crippen MR) is 134 cm³/mol. The van der Waals surface area contributed by atoms with Crippen molar-refractivity contribution in [1.82, 2.24) is 4.90 Å². The lowest BCUT2D eigenvalue weighted by Gasteiger charge is -2.38. The number of carbonyl (C=O) groups is 1. The number of β-amino-alcohol motifs (C(OH)–C–C–N with tert-alkyl or cyclic N) is 1. The molecule has 1 atom stereocenters. The average molecular weight is 453 g/mol. The highest BCUT2D eigenvalue weighted by Gasteiger charge is 2.34. The molecule has 2 heterocycles. The highest BCUT2D eigenvalue weighted by molar-refractivity contribution is 6.04. The molecule has 2 aliphatic heterocycles. The quantitative estimate of drug-likeness (QED) is 0.653. The van der Waals surface area contributed by atoms with Crippen molar-refractivity contribution in [2.75, 3.05) is 54.0 Å². The van der Waals surface area contributed by atoms with Gasteiger partial charge in [0.15, 0.2) is 11.5 Å². The van der Waals surface area contributed by atoms with E-state index in [1.807, 2.05) is 24.3 Å². The summed E-state index contributed by atoms with van der Waals surface area (Å²) in [5.74, 6) is 1.35. The molecule has 178 valence electrons. The van der Waals surface area contributed by atoms with Crippen molar-refractivity contribution in [3.05, 3.63) is 36.4 Å². The van der Waals surface area contributed by atoms with Gasteiger partial charge in [-0.3, -0.25) is 4.90 Å². The number of amides is 2. The van der Waals surface area contributed by atoms with Gasteiger partial charge in [-0.25, -0.2) is 4.79 Å². The molecule has 1 saturated heterocycles. The van der Waals surface area contributed by atoms with Crippen molar-refractivity contribution in [2.24, 2.45) is 0 Å². The van der Waals surface area contributed by atoms with Gasteiger partial charge in [-0.1, -0.05) is 0 Å². The maximum atomic E-state index is 13.8. The summed E-state index contributed by atoms with van der Waals surface area (Å²) in [6.07, 6.45) is 1.07. The summed E-state index contributed by atoms with van der Waals surface area (Å²) in [6.45, 7) is 13.1. The number of carbonyl (C=O) groups excluding carboxylic acids is 1. The number of urea groups is 1. The van der Waals surface area contributed by atoms with Crippen molar-refractivity contribution >= 4 is 28.8 Å². The van der Waals surface area contributed by atoms with Crippen molar-refractivity contribution in [2.45, 2.75) is 46.6 Å². The van der Waals surface area contributed by atoms with Gasteiger partial charge in [0.2, 0.25) is 0 Å². The molecular formula is C26H36N4O3. The van der Waals surface area contributed by atoms with Gasteiger partial charge in [-0.15, -0.1) is 0 Å². The fourth-order valence-corrected chi connectivity index (χ4v) is 4.83. The van der Waals surface area contributed by atoms with E-state index in [-0.39, 0.29) is 6.03 Å². The van der Waals surface area contributed by atoms with Crippen molar-refractivity contribution < 1.29 is 14.6 Å². The second-order valence-electron chi connectivity index (χ2n) is 8.61. The number of benzene rings is 2. The van der Waals surface area contributed by atoms with E-state index in [0.717, 1.165) is 61.8 Å². The highest BCUT2D eigenvalue weighted by Crippen LogP contribution is 2.49. The molecule has 0 aromatic heterocycles. The normalized spacial score (nSPS) is 17.2. The third-order valence-electron chi connectivity index (χ3n) is 6.70. The molecule has 7 nitrogen and oxygen atoms in total. The molecule has 4 rings (SSSR count). The first-order chi connectivity index (χ1) is 16.0. The fourth-order valence-electron chi connectivity index (χ4n) is 4.83. The van der Waals surface area contributed by atoms with Gasteiger partial charge in [0.25, 0.3) is 0 Å². The molecule has 0 spiro atoms. The summed E-state index contributed by atoms with van der Waals surface area (Å²) in [4.78, 5) is 21.8. The van der Waals surface area contributed by atoms with E-state index in [1.54, 1.807) is 9.80 Å². The second-order valence-corrected chi connectivity index (χ2v) is 8.61. The molecular weight excluding hydrogens is 416 g/mol. The summed E-state index contributed by atoms with van der Waals surface area (Å²) >= 11 is 0. The number of ether oxygens (including phenoxy) is 1. The van der Waals surface area contributed by atoms with E-state index >= 15 is 0 Å². The lowest BCUT2D eigenvalue weighted by Crippen LogP contribution is -2.48. The zero-order valence-electron chi connectivity index (χ0n) is 20.3. The predicted octanol–water partition coefficient (Wildman–Crippen LogP) is 5.20. The number of aliphatic hydroxyl groups is 1. The number of aliphatic hydroxyl groups excluding tert-OH is 1. The minimum absolute atomic E-state index is 0.120. The molecule has 2 aliphatic rings. The van der Waals surface area contributed by atoms with E-state index in [0.29, 0.717) is 24.6 Å². The van der Waals surface area contributed by atoms with Gasteiger partial charge in [0, 0.05) is 62.8 Å². The van der Waals surface area contributed by atoms with Crippen LogP contribution in [0.15, 0.2) is 36.4 Å². The number of piperidine rings is 1. The molecule has 1 unspecified atom stereocenters. The van der Waals surface area contributed by atoms with E-state index in [2.05, 4.69) is 49.6 Å². The summed E-state index contributed by atoms with van der Waals surface area (Å²) in [7, 11) is 0. The Labute approximate surface area is 197 Å². The number of hydrogen-bond donors (Lipinski definition) is 1. The molecule has 7 heteroatoms. The van der Waals surface area contributed by atoms with Crippen LogP contribution in [-0.2, 0) is 0 Å². The van der Waals surface area contributed by atoms with Crippen LogP contribution < -0.4 is 19.4 Å². The van der Waals surface area contributed by atoms with E-state index in [4.69, 9.17) is 4.74 Å². The van der Waals surface area contributed by atoms with Crippen LogP contribution >= 0.6 is 0 Å². The summed E-state index contributed by atoms with van der Waals surface area (Å²) < 4.78 is 6.41. The molecule has 2 aromatic rings. The van der Waals surface area contributed by atoms with Crippen molar-refractivity contribution in [1.29, 1.82) is 0 Å². The summed E-state index contributed by atoms with van der Waals surface area (Å²) in [5.41, 5.74) is 3.61. The molecule has 0 saturated carbocycles. The zero-order valence-corrected chi connectivity index (χ0v) is 20.3. The number of fused-ring (bicyclic) bond motifs is 2. The largest absolute Gasteiger partial charge is 0.453 e. The second kappa shape index (κ2) is 9.91. The van der Waals surface area contributed by atoms with Crippen LogP contribution in [0, 0.1) is 0 Å². The first kappa shape index (κ1) is 23.2. The van der Waals surface area contributed by atoms with Crippen LogP contribution in [0.25, 0.3) is 0 Å². The molecule has 1 N–H and O–H groups in total. The summed E-state index contributed by atoms with van der Waals surface area (Å²) in [6, 6.07) is 12.0. The Morgan fingerprint density at radius 3 is 1.91 bits per heavy atom. The number of rotatable bonds is 6. The minimum Gasteiger partial charge on any atom is -0.453 e. The number of hydrogen-bond acceptors (Lipinski definition) is 5. The Morgan fingerprint density at radius 2 is 1.45 bits per heavy atom. The maximum Gasteiger partial charge on any atom is 0.329 e. The monoisotopic (exact) mass is 452 g/mol. The van der Waals surface area contributed by atoms with Crippen LogP contribution in [0.1, 0.15) is 40.5 Å². The van der Waals surface area contributed by atoms with Crippen LogP contribution in [0.3, 0.4) is 0 Å². The minimum atomic E-state index is -0.474. The molecule has 0 aliphatic carbocycles. The Morgan fingerprint density at radius 1 is 0.939 bits per heavy atom. The standard InChI is InChI=1S/C26H36N4O3/c1-5-27(6-2)19-11-13-22-24(16-19)33-25-17-20(28(7-3)8-4)12-14-23(25)30(22)26(32)29-15-9-10-21(31)18-29/h11-14,16-17,21,31H,5-10,15,18H2,1-4H3. The van der Waals surface area contributed by atoms with Gasteiger partial charge in [0.1, 0.15) is 0 Å². The summed E-state index contributed by atoms with van der Waals surface area (Å²) in [5, 5.41) is 10.2. The van der Waals surface area contributed by atoms with Gasteiger partial charge in [-0.05, 0) is 64.8 Å². The smallest absolute Gasteiger partial charge is 0.329 e. The van der Waals surface area contributed by atoms with Crippen molar-refractivity contribution in [3.8, 4) is 11.5 Å². The molecule has 2 amide bonds. The third kappa shape index (κ3) is 4.47. The lowest BCUT2D eigenvalue weighted by atomic mass is 10.1. The number of nitrogens with zero attached hydrogens (tertiary/aromatic N) is 4. The third-order valence-corrected chi connectivity index (χ3v) is 6.70. The first-order valence-electron chi connectivity index (χ1n) is 12.2. The van der Waals surface area contributed by atoms with E-state index < -0.39 is 6.10 Å². The lowest BCUT2D eigenvalue weighted by molar-refractivity contribution is 0.0869. The van der Waals surface area contributed by atoms with E-state index in [1.165, 1.54) is 0 Å². The zero-order chi connectivity index (χ0) is 23.5. The van der Waals surface area contributed by atoms with Gasteiger partial charge >= 0.3 is 6.03 Å². The van der Waals surface area contributed by atoms with Gasteiger partial charge in [0.05, 0.1) is 17.5 Å². The average Bonchev–Trinajstić information content (AvgIpc) is 2.83. The van der Waals surface area contributed by atoms with Gasteiger partial charge in [-0.2, -0.15) is 0 Å². The van der Waals surface area contributed by atoms with Crippen LogP contribution in [0.4, 0.5) is 27.5 Å². The Kier molecular flexibility index (Phi) is 6.98. The van der Waals surface area contributed by atoms with Crippen LogP contribution in [-0.4, -0.2) is 61.4 Å². The Balaban J connectivity index is 1.79. The molecule has 2 aromatic carbocycles. The van der Waals surface area contributed by atoms with Gasteiger partial charge < -0.3 is 24.5 Å². The Hall–Kier alpha value is -2.93. The van der Waals surface area contributed by atoms with E-state index in [9.17, 15) is 9.90 Å². The molecule has 1 fully saturated rings.